The summed E-state index contributed by atoms with van der Waals surface area (Å²) in [7, 11) is 0. The molecule has 0 radical (unpaired) electrons. The minimum absolute atomic E-state index is 0.233. The van der Waals surface area contributed by atoms with Gasteiger partial charge in [0.2, 0.25) is 0 Å². The van der Waals surface area contributed by atoms with Gasteiger partial charge in [0.25, 0.3) is 0 Å². The lowest BCUT2D eigenvalue weighted by Gasteiger charge is -2.08. The minimum atomic E-state index is -0.233. The number of halogens is 1. The first-order chi connectivity index (χ1) is 8.09. The number of ether oxygens (including phenoxy) is 2. The fraction of sp³-hybridized carbons (Fsp3) is 0.571. The molecule has 0 spiro atoms. The Morgan fingerprint density at radius 2 is 1.94 bits per heavy atom. The summed E-state index contributed by atoms with van der Waals surface area (Å²) in [5.41, 5.74) is 0.630. The van der Waals surface area contributed by atoms with Crippen LogP contribution in [0.5, 0.6) is 5.75 Å². The van der Waals surface area contributed by atoms with Crippen LogP contribution in [0.4, 0.5) is 4.39 Å². The lowest BCUT2D eigenvalue weighted by Crippen LogP contribution is -2.08. The van der Waals surface area contributed by atoms with Gasteiger partial charge in [-0.15, -0.1) is 0 Å². The molecule has 0 fully saturated rings. The second-order valence-corrected chi connectivity index (χ2v) is 4.55. The average Bonchev–Trinajstić information content (AvgIpc) is 2.27. The number of hydrogen-bond donors (Lipinski definition) is 0. The molecule has 0 saturated heterocycles. The van der Waals surface area contributed by atoms with Crippen molar-refractivity contribution in [3.05, 3.63) is 29.6 Å². The third kappa shape index (κ3) is 5.68. The summed E-state index contributed by atoms with van der Waals surface area (Å²) in [6, 6.07) is 4.89. The molecule has 0 heterocycles. The highest BCUT2D eigenvalue weighted by molar-refractivity contribution is 5.27. The van der Waals surface area contributed by atoms with Gasteiger partial charge in [-0.2, -0.15) is 0 Å². The zero-order chi connectivity index (χ0) is 12.7. The second-order valence-electron chi connectivity index (χ2n) is 4.55. The molecule has 1 aromatic rings. The van der Waals surface area contributed by atoms with Crippen molar-refractivity contribution in [2.24, 2.45) is 5.92 Å². The molecular formula is C14H21FO2. The molecule has 0 saturated carbocycles. The Kier molecular flexibility index (Phi) is 5.98. The lowest BCUT2D eigenvalue weighted by atomic mass is 10.1. The molecule has 0 amide bonds. The van der Waals surface area contributed by atoms with Crippen molar-refractivity contribution < 1.29 is 13.9 Å². The molecule has 2 nitrogen and oxygen atoms in total. The van der Waals surface area contributed by atoms with E-state index in [0.29, 0.717) is 30.4 Å². The number of aryl methyl sites for hydroxylation is 1. The molecule has 3 heteroatoms. The van der Waals surface area contributed by atoms with E-state index in [-0.39, 0.29) is 5.82 Å². The summed E-state index contributed by atoms with van der Waals surface area (Å²) in [5.74, 6) is 0.978. The highest BCUT2D eigenvalue weighted by Gasteiger charge is 2.00. The highest BCUT2D eigenvalue weighted by Crippen LogP contribution is 2.15. The van der Waals surface area contributed by atoms with Crippen molar-refractivity contribution in [3.8, 4) is 5.75 Å². The van der Waals surface area contributed by atoms with Gasteiger partial charge in [0.15, 0.2) is 0 Å². The van der Waals surface area contributed by atoms with Crippen molar-refractivity contribution in [1.29, 1.82) is 0 Å². The molecule has 0 aromatic heterocycles. The van der Waals surface area contributed by atoms with Gasteiger partial charge in [-0.3, -0.25) is 0 Å². The Balaban J connectivity index is 2.16. The number of rotatable bonds is 7. The van der Waals surface area contributed by atoms with Crippen LogP contribution in [0.2, 0.25) is 0 Å². The van der Waals surface area contributed by atoms with Gasteiger partial charge < -0.3 is 9.47 Å². The first kappa shape index (κ1) is 14.0. The van der Waals surface area contributed by atoms with E-state index in [1.807, 2.05) is 0 Å². The van der Waals surface area contributed by atoms with Gasteiger partial charge in [-0.25, -0.2) is 4.39 Å². The fourth-order valence-electron chi connectivity index (χ4n) is 1.30. The summed E-state index contributed by atoms with van der Waals surface area (Å²) in [4.78, 5) is 0. The van der Waals surface area contributed by atoms with Gasteiger partial charge in [-0.1, -0.05) is 19.9 Å². The quantitative estimate of drug-likeness (QED) is 0.678. The fourth-order valence-corrected chi connectivity index (χ4v) is 1.30. The second kappa shape index (κ2) is 7.28. The molecule has 1 rings (SSSR count). The smallest absolute Gasteiger partial charge is 0.129 e. The maximum atomic E-state index is 13.2. The van der Waals surface area contributed by atoms with Crippen LogP contribution < -0.4 is 4.74 Å². The Morgan fingerprint density at radius 1 is 1.18 bits per heavy atom. The normalized spacial score (nSPS) is 10.9. The van der Waals surface area contributed by atoms with E-state index >= 15 is 0 Å². The standard InChI is InChI=1S/C14H21FO2/c1-11(2)6-7-16-8-9-17-13-5-4-12(3)14(15)10-13/h4-5,10-11H,6-9H2,1-3H3. The number of hydrogen-bond acceptors (Lipinski definition) is 2. The van der Waals surface area contributed by atoms with E-state index in [4.69, 9.17) is 9.47 Å². The number of benzene rings is 1. The molecular weight excluding hydrogens is 219 g/mol. The van der Waals surface area contributed by atoms with Gasteiger partial charge in [0.1, 0.15) is 18.2 Å². The Hall–Kier alpha value is -1.09. The van der Waals surface area contributed by atoms with Crippen molar-refractivity contribution in [1.82, 2.24) is 0 Å². The Labute approximate surface area is 103 Å². The molecule has 0 aliphatic rings. The first-order valence-corrected chi connectivity index (χ1v) is 6.06. The van der Waals surface area contributed by atoms with Crippen LogP contribution in [-0.4, -0.2) is 19.8 Å². The van der Waals surface area contributed by atoms with Crippen LogP contribution >= 0.6 is 0 Å². The van der Waals surface area contributed by atoms with Crippen LogP contribution in [0.25, 0.3) is 0 Å². The molecule has 1 aromatic carbocycles. The lowest BCUT2D eigenvalue weighted by molar-refractivity contribution is 0.0925. The van der Waals surface area contributed by atoms with E-state index < -0.39 is 0 Å². The molecule has 0 atom stereocenters. The SMILES string of the molecule is Cc1ccc(OCCOCCC(C)C)cc1F. The predicted molar refractivity (Wildman–Crippen MR) is 66.9 cm³/mol. The van der Waals surface area contributed by atoms with Crippen molar-refractivity contribution in [2.45, 2.75) is 27.2 Å². The molecule has 0 aliphatic carbocycles. The molecule has 0 bridgehead atoms. The summed E-state index contributed by atoms with van der Waals surface area (Å²) in [6.07, 6.45) is 1.05. The Morgan fingerprint density at radius 3 is 2.59 bits per heavy atom. The molecule has 0 unspecified atom stereocenters. The zero-order valence-corrected chi connectivity index (χ0v) is 10.8. The summed E-state index contributed by atoms with van der Waals surface area (Å²) in [6.45, 7) is 7.81. The maximum Gasteiger partial charge on any atom is 0.129 e. The van der Waals surface area contributed by atoms with Crippen LogP contribution in [0.15, 0.2) is 18.2 Å². The van der Waals surface area contributed by atoms with Crippen LogP contribution in [0.1, 0.15) is 25.8 Å². The summed E-state index contributed by atoms with van der Waals surface area (Å²) >= 11 is 0. The Bertz CT molecular complexity index is 337. The monoisotopic (exact) mass is 240 g/mol. The first-order valence-electron chi connectivity index (χ1n) is 6.06. The topological polar surface area (TPSA) is 18.5 Å². The maximum absolute atomic E-state index is 13.2. The van der Waals surface area contributed by atoms with Crippen molar-refractivity contribution in [3.63, 3.8) is 0 Å². The summed E-state index contributed by atoms with van der Waals surface area (Å²) < 4.78 is 24.0. The van der Waals surface area contributed by atoms with Gasteiger partial charge in [-0.05, 0) is 30.9 Å². The largest absolute Gasteiger partial charge is 0.491 e. The van der Waals surface area contributed by atoms with E-state index in [1.165, 1.54) is 6.07 Å². The van der Waals surface area contributed by atoms with Crippen LogP contribution in [-0.2, 0) is 4.74 Å². The van der Waals surface area contributed by atoms with Gasteiger partial charge >= 0.3 is 0 Å². The van der Waals surface area contributed by atoms with Crippen molar-refractivity contribution >= 4 is 0 Å². The third-order valence-corrected chi connectivity index (χ3v) is 2.48. The molecule has 0 aliphatic heterocycles. The highest BCUT2D eigenvalue weighted by atomic mass is 19.1. The molecule has 0 N–H and O–H groups in total. The van der Waals surface area contributed by atoms with E-state index in [1.54, 1.807) is 19.1 Å². The van der Waals surface area contributed by atoms with E-state index in [2.05, 4.69) is 13.8 Å². The van der Waals surface area contributed by atoms with Crippen LogP contribution in [0, 0.1) is 18.7 Å². The minimum Gasteiger partial charge on any atom is -0.491 e. The van der Waals surface area contributed by atoms with Crippen molar-refractivity contribution in [2.75, 3.05) is 19.8 Å². The summed E-state index contributed by atoms with van der Waals surface area (Å²) in [5, 5.41) is 0. The molecule has 17 heavy (non-hydrogen) atoms. The predicted octanol–water partition coefficient (Wildman–Crippen LogP) is 3.58. The van der Waals surface area contributed by atoms with Gasteiger partial charge in [0, 0.05) is 12.7 Å². The third-order valence-electron chi connectivity index (χ3n) is 2.48. The average molecular weight is 240 g/mol. The molecule has 96 valence electrons. The zero-order valence-electron chi connectivity index (χ0n) is 10.8. The van der Waals surface area contributed by atoms with Crippen LogP contribution in [0.3, 0.4) is 0 Å². The van der Waals surface area contributed by atoms with E-state index in [9.17, 15) is 4.39 Å². The van der Waals surface area contributed by atoms with E-state index in [0.717, 1.165) is 13.0 Å². The van der Waals surface area contributed by atoms with Gasteiger partial charge in [0.05, 0.1) is 6.61 Å².